The zero-order valence-electron chi connectivity index (χ0n) is 15.2. The number of fused-ring (bicyclic) bond motifs is 1. The summed E-state index contributed by atoms with van der Waals surface area (Å²) < 4.78 is 22.1. The summed E-state index contributed by atoms with van der Waals surface area (Å²) in [5.41, 5.74) is 0.846. The lowest BCUT2D eigenvalue weighted by atomic mass is 10.1. The Balaban J connectivity index is 1.58. The SMILES string of the molecule is COc1ccc(CC(=O)N[C@H](C)[C@H]2COc3ccccc3O2)cc1OC. The molecule has 6 nitrogen and oxygen atoms in total. The van der Waals surface area contributed by atoms with Crippen molar-refractivity contribution < 1.29 is 23.7 Å². The second kappa shape index (κ2) is 7.99. The highest BCUT2D eigenvalue weighted by molar-refractivity contribution is 5.79. The van der Waals surface area contributed by atoms with Crippen LogP contribution in [0.3, 0.4) is 0 Å². The van der Waals surface area contributed by atoms with Crippen LogP contribution in [0.4, 0.5) is 0 Å². The topological polar surface area (TPSA) is 66.0 Å². The molecule has 0 saturated heterocycles. The van der Waals surface area contributed by atoms with Gasteiger partial charge in [0.1, 0.15) is 6.61 Å². The van der Waals surface area contributed by atoms with Crippen molar-refractivity contribution in [3.05, 3.63) is 48.0 Å². The van der Waals surface area contributed by atoms with Crippen molar-refractivity contribution in [2.24, 2.45) is 0 Å². The van der Waals surface area contributed by atoms with Gasteiger partial charge < -0.3 is 24.3 Å². The van der Waals surface area contributed by atoms with Crippen LogP contribution in [-0.2, 0) is 11.2 Å². The Kier molecular flexibility index (Phi) is 5.51. The maximum atomic E-state index is 12.4. The molecule has 0 fully saturated rings. The minimum absolute atomic E-state index is 0.0906. The zero-order valence-corrected chi connectivity index (χ0v) is 15.2. The number of carbonyl (C=O) groups is 1. The first-order valence-corrected chi connectivity index (χ1v) is 8.49. The van der Waals surface area contributed by atoms with Gasteiger partial charge in [-0.05, 0) is 36.8 Å². The van der Waals surface area contributed by atoms with E-state index >= 15 is 0 Å². The van der Waals surface area contributed by atoms with E-state index in [1.807, 2.05) is 37.3 Å². The van der Waals surface area contributed by atoms with Crippen LogP contribution in [0.2, 0.25) is 0 Å². The number of hydrogen-bond donors (Lipinski definition) is 1. The standard InChI is InChI=1S/C20H23NO5/c1-13(19-12-25-16-6-4-5-7-17(16)26-19)21-20(22)11-14-8-9-15(23-2)18(10-14)24-3/h4-10,13,19H,11-12H2,1-3H3,(H,21,22)/t13-,19-/m1/s1. The van der Waals surface area contributed by atoms with E-state index in [0.29, 0.717) is 23.9 Å². The van der Waals surface area contributed by atoms with Gasteiger partial charge in [-0.15, -0.1) is 0 Å². The number of rotatable bonds is 6. The highest BCUT2D eigenvalue weighted by atomic mass is 16.6. The van der Waals surface area contributed by atoms with Crippen LogP contribution in [-0.4, -0.2) is 38.9 Å². The van der Waals surface area contributed by atoms with Gasteiger partial charge in [0.05, 0.1) is 26.7 Å². The van der Waals surface area contributed by atoms with E-state index in [1.165, 1.54) is 0 Å². The number of methoxy groups -OCH3 is 2. The van der Waals surface area contributed by atoms with Crippen LogP contribution in [0.25, 0.3) is 0 Å². The van der Waals surface area contributed by atoms with E-state index in [9.17, 15) is 4.79 Å². The second-order valence-electron chi connectivity index (χ2n) is 6.14. The van der Waals surface area contributed by atoms with Crippen LogP contribution >= 0.6 is 0 Å². The molecule has 0 aromatic heterocycles. The second-order valence-corrected chi connectivity index (χ2v) is 6.14. The molecule has 1 aliphatic rings. The van der Waals surface area contributed by atoms with Gasteiger partial charge in [0, 0.05) is 0 Å². The Hall–Kier alpha value is -2.89. The summed E-state index contributed by atoms with van der Waals surface area (Å²) in [6.45, 7) is 2.31. The monoisotopic (exact) mass is 357 g/mol. The predicted octanol–water partition coefficient (Wildman–Crippen LogP) is 2.59. The van der Waals surface area contributed by atoms with Gasteiger partial charge in [-0.3, -0.25) is 4.79 Å². The summed E-state index contributed by atoms with van der Waals surface area (Å²) in [6.07, 6.45) is 0.00810. The largest absolute Gasteiger partial charge is 0.493 e. The summed E-state index contributed by atoms with van der Waals surface area (Å²) in [5, 5.41) is 2.98. The van der Waals surface area contributed by atoms with Crippen LogP contribution in [0.1, 0.15) is 12.5 Å². The normalized spacial score (nSPS) is 16.5. The summed E-state index contributed by atoms with van der Waals surface area (Å²) in [6, 6.07) is 12.8. The van der Waals surface area contributed by atoms with Gasteiger partial charge >= 0.3 is 0 Å². The molecule has 0 spiro atoms. The molecule has 1 amide bonds. The Morgan fingerprint density at radius 1 is 1.15 bits per heavy atom. The molecule has 138 valence electrons. The number of hydrogen-bond acceptors (Lipinski definition) is 5. The third kappa shape index (κ3) is 4.02. The third-order valence-electron chi connectivity index (χ3n) is 4.29. The van der Waals surface area contributed by atoms with Crippen molar-refractivity contribution in [2.75, 3.05) is 20.8 Å². The molecule has 1 aliphatic heterocycles. The average Bonchev–Trinajstić information content (AvgIpc) is 2.67. The molecule has 2 atom stereocenters. The Morgan fingerprint density at radius 2 is 1.88 bits per heavy atom. The van der Waals surface area contributed by atoms with Crippen molar-refractivity contribution in [2.45, 2.75) is 25.5 Å². The van der Waals surface area contributed by atoms with Crippen LogP contribution < -0.4 is 24.3 Å². The molecule has 2 aromatic carbocycles. The maximum absolute atomic E-state index is 12.4. The molecular weight excluding hydrogens is 334 g/mol. The molecule has 0 saturated carbocycles. The molecule has 0 radical (unpaired) electrons. The van der Waals surface area contributed by atoms with Crippen LogP contribution in [0, 0.1) is 0 Å². The number of benzene rings is 2. The zero-order chi connectivity index (χ0) is 18.5. The fraction of sp³-hybridized carbons (Fsp3) is 0.350. The first-order valence-electron chi connectivity index (χ1n) is 8.49. The molecule has 6 heteroatoms. The van der Waals surface area contributed by atoms with E-state index in [4.69, 9.17) is 18.9 Å². The molecular formula is C20H23NO5. The predicted molar refractivity (Wildman–Crippen MR) is 97.2 cm³/mol. The minimum atomic E-state index is -0.237. The van der Waals surface area contributed by atoms with Crippen molar-refractivity contribution >= 4 is 5.91 Å². The van der Waals surface area contributed by atoms with Gasteiger partial charge in [0.15, 0.2) is 29.1 Å². The lowest BCUT2D eigenvalue weighted by Crippen LogP contribution is -2.48. The Bertz CT molecular complexity index is 777. The van der Waals surface area contributed by atoms with Crippen molar-refractivity contribution in [1.29, 1.82) is 0 Å². The molecule has 0 unspecified atom stereocenters. The van der Waals surface area contributed by atoms with Gasteiger partial charge in [-0.2, -0.15) is 0 Å². The third-order valence-corrected chi connectivity index (χ3v) is 4.29. The summed E-state index contributed by atoms with van der Waals surface area (Å²) >= 11 is 0. The number of ether oxygens (including phenoxy) is 4. The Labute approximate surface area is 153 Å². The first kappa shape index (κ1) is 17.9. The molecule has 0 aliphatic carbocycles. The van der Waals surface area contributed by atoms with Crippen molar-refractivity contribution in [3.63, 3.8) is 0 Å². The smallest absolute Gasteiger partial charge is 0.224 e. The van der Waals surface area contributed by atoms with Crippen molar-refractivity contribution in [3.8, 4) is 23.0 Å². The molecule has 1 heterocycles. The molecule has 1 N–H and O–H groups in total. The number of amides is 1. The first-order chi connectivity index (χ1) is 12.6. The average molecular weight is 357 g/mol. The molecule has 26 heavy (non-hydrogen) atoms. The molecule has 2 aromatic rings. The van der Waals surface area contributed by atoms with E-state index in [-0.39, 0.29) is 24.5 Å². The minimum Gasteiger partial charge on any atom is -0.493 e. The van der Waals surface area contributed by atoms with E-state index in [0.717, 1.165) is 11.3 Å². The summed E-state index contributed by atoms with van der Waals surface area (Å²) in [7, 11) is 3.15. The lowest BCUT2D eigenvalue weighted by molar-refractivity contribution is -0.121. The van der Waals surface area contributed by atoms with Crippen LogP contribution in [0.15, 0.2) is 42.5 Å². The highest BCUT2D eigenvalue weighted by Crippen LogP contribution is 2.31. The maximum Gasteiger partial charge on any atom is 0.224 e. The Morgan fingerprint density at radius 3 is 2.62 bits per heavy atom. The van der Waals surface area contributed by atoms with E-state index < -0.39 is 0 Å². The van der Waals surface area contributed by atoms with E-state index in [1.54, 1.807) is 26.4 Å². The number of para-hydroxylation sites is 2. The lowest BCUT2D eigenvalue weighted by Gasteiger charge is -2.30. The summed E-state index contributed by atoms with van der Waals surface area (Å²) in [5.74, 6) is 2.58. The molecule has 0 bridgehead atoms. The quantitative estimate of drug-likeness (QED) is 0.861. The van der Waals surface area contributed by atoms with E-state index in [2.05, 4.69) is 5.32 Å². The van der Waals surface area contributed by atoms with Crippen LogP contribution in [0.5, 0.6) is 23.0 Å². The van der Waals surface area contributed by atoms with Gasteiger partial charge in [0.25, 0.3) is 0 Å². The summed E-state index contributed by atoms with van der Waals surface area (Å²) in [4.78, 5) is 12.4. The highest BCUT2D eigenvalue weighted by Gasteiger charge is 2.27. The van der Waals surface area contributed by atoms with Crippen molar-refractivity contribution in [1.82, 2.24) is 5.32 Å². The fourth-order valence-corrected chi connectivity index (χ4v) is 2.86. The van der Waals surface area contributed by atoms with Gasteiger partial charge in [-0.1, -0.05) is 18.2 Å². The van der Waals surface area contributed by atoms with Gasteiger partial charge in [0.2, 0.25) is 5.91 Å². The van der Waals surface area contributed by atoms with Gasteiger partial charge in [-0.25, -0.2) is 0 Å². The molecule has 3 rings (SSSR count). The number of carbonyl (C=O) groups excluding carboxylic acids is 1. The fourth-order valence-electron chi connectivity index (χ4n) is 2.86. The number of nitrogens with one attached hydrogen (secondary N) is 1.